The summed E-state index contributed by atoms with van der Waals surface area (Å²) in [6.45, 7) is 2.71. The molecule has 2 aromatic carbocycles. The van der Waals surface area contributed by atoms with Gasteiger partial charge in [0.25, 0.3) is 0 Å². The van der Waals surface area contributed by atoms with Gasteiger partial charge in [-0.2, -0.15) is 0 Å². The number of hydrogen-bond acceptors (Lipinski definition) is 2. The molecule has 0 bridgehead atoms. The van der Waals surface area contributed by atoms with Crippen molar-refractivity contribution in [2.75, 3.05) is 18.0 Å². The minimum absolute atomic E-state index is 0.182. The Morgan fingerprint density at radius 1 is 1.26 bits per heavy atom. The zero-order valence-corrected chi connectivity index (χ0v) is 12.9. The summed E-state index contributed by atoms with van der Waals surface area (Å²) in [5.41, 5.74) is 2.59. The van der Waals surface area contributed by atoms with E-state index in [0.29, 0.717) is 0 Å². The molecule has 0 radical (unpaired) electrons. The van der Waals surface area contributed by atoms with Crippen molar-refractivity contribution in [1.29, 1.82) is 0 Å². The molecule has 1 atom stereocenters. The van der Waals surface area contributed by atoms with Crippen LogP contribution < -0.4 is 10.2 Å². The van der Waals surface area contributed by atoms with Crippen LogP contribution in [0.4, 0.5) is 14.5 Å². The molecule has 1 N–H and O–H groups in total. The minimum Gasteiger partial charge on any atom is -0.362 e. The smallest absolute Gasteiger partial charge is 0.239 e. The van der Waals surface area contributed by atoms with Crippen LogP contribution in [0.3, 0.4) is 0 Å². The highest BCUT2D eigenvalue weighted by Crippen LogP contribution is 2.27. The molecule has 1 heterocycles. The number of hydrogen-bond donors (Lipinski definition) is 1. The van der Waals surface area contributed by atoms with Gasteiger partial charge in [-0.05, 0) is 31.0 Å². The molecule has 0 saturated heterocycles. The van der Waals surface area contributed by atoms with Crippen LogP contribution in [0.15, 0.2) is 42.5 Å². The highest BCUT2D eigenvalue weighted by molar-refractivity contribution is 5.82. The van der Waals surface area contributed by atoms with Gasteiger partial charge in [-0.25, -0.2) is 8.78 Å². The van der Waals surface area contributed by atoms with Crippen LogP contribution >= 0.6 is 0 Å². The number of fused-ring (bicyclic) bond motifs is 1. The van der Waals surface area contributed by atoms with Gasteiger partial charge < -0.3 is 10.2 Å². The first-order valence-electron chi connectivity index (χ1n) is 7.62. The Bertz CT molecular complexity index is 733. The van der Waals surface area contributed by atoms with E-state index in [2.05, 4.69) is 11.4 Å². The van der Waals surface area contributed by atoms with Crippen molar-refractivity contribution >= 4 is 11.6 Å². The maximum absolute atomic E-state index is 13.8. The summed E-state index contributed by atoms with van der Waals surface area (Å²) in [5.74, 6) is -1.46. The number of anilines is 1. The quantitative estimate of drug-likeness (QED) is 0.939. The van der Waals surface area contributed by atoms with Crippen molar-refractivity contribution in [2.45, 2.75) is 19.4 Å². The van der Waals surface area contributed by atoms with E-state index in [4.69, 9.17) is 0 Å². The molecule has 120 valence electrons. The summed E-state index contributed by atoms with van der Waals surface area (Å²) < 4.78 is 26.7. The van der Waals surface area contributed by atoms with E-state index in [1.165, 1.54) is 17.7 Å². The molecule has 0 aliphatic carbocycles. The Hall–Kier alpha value is -2.43. The van der Waals surface area contributed by atoms with E-state index in [-0.39, 0.29) is 18.0 Å². The van der Waals surface area contributed by atoms with Gasteiger partial charge >= 0.3 is 0 Å². The summed E-state index contributed by atoms with van der Waals surface area (Å²) in [5, 5.41) is 2.77. The molecule has 0 fully saturated rings. The maximum Gasteiger partial charge on any atom is 0.239 e. The number of amides is 1. The Balaban J connectivity index is 1.64. The normalized spacial score (nSPS) is 14.5. The van der Waals surface area contributed by atoms with Crippen molar-refractivity contribution in [3.05, 3.63) is 65.2 Å². The number of benzene rings is 2. The Morgan fingerprint density at radius 2 is 2.04 bits per heavy atom. The van der Waals surface area contributed by atoms with E-state index >= 15 is 0 Å². The SMILES string of the molecule is C[C@@H](NC(=O)CN1CCc2ccccc21)c1ccc(F)cc1F. The highest BCUT2D eigenvalue weighted by Gasteiger charge is 2.22. The Morgan fingerprint density at radius 3 is 2.83 bits per heavy atom. The van der Waals surface area contributed by atoms with E-state index < -0.39 is 17.7 Å². The zero-order chi connectivity index (χ0) is 16.4. The van der Waals surface area contributed by atoms with E-state index in [1.54, 1.807) is 6.92 Å². The molecule has 2 aromatic rings. The summed E-state index contributed by atoms with van der Waals surface area (Å²) in [7, 11) is 0. The number of rotatable bonds is 4. The first kappa shape index (κ1) is 15.5. The van der Waals surface area contributed by atoms with Gasteiger partial charge in [-0.15, -0.1) is 0 Å². The van der Waals surface area contributed by atoms with E-state index in [1.807, 2.05) is 23.1 Å². The predicted molar refractivity (Wildman–Crippen MR) is 85.3 cm³/mol. The van der Waals surface area contributed by atoms with Gasteiger partial charge in [0.05, 0.1) is 12.6 Å². The van der Waals surface area contributed by atoms with Crippen molar-refractivity contribution < 1.29 is 13.6 Å². The number of nitrogens with one attached hydrogen (secondary N) is 1. The number of carbonyl (C=O) groups excluding carboxylic acids is 1. The van der Waals surface area contributed by atoms with Gasteiger partial charge in [0, 0.05) is 23.9 Å². The molecule has 1 aliphatic rings. The molecule has 0 aromatic heterocycles. The first-order valence-corrected chi connectivity index (χ1v) is 7.62. The molecule has 0 spiro atoms. The van der Waals surface area contributed by atoms with Crippen LogP contribution in [0.5, 0.6) is 0 Å². The lowest BCUT2D eigenvalue weighted by Crippen LogP contribution is -2.37. The van der Waals surface area contributed by atoms with Crippen LogP contribution in [-0.2, 0) is 11.2 Å². The van der Waals surface area contributed by atoms with Crippen molar-refractivity contribution in [1.82, 2.24) is 5.32 Å². The molecule has 23 heavy (non-hydrogen) atoms. The maximum atomic E-state index is 13.8. The monoisotopic (exact) mass is 316 g/mol. The summed E-state index contributed by atoms with van der Waals surface area (Å²) in [6.07, 6.45) is 0.922. The third kappa shape index (κ3) is 3.33. The van der Waals surface area contributed by atoms with Crippen LogP contribution in [0, 0.1) is 11.6 Å². The summed E-state index contributed by atoms with van der Waals surface area (Å²) in [6, 6.07) is 10.9. The number of halogens is 2. The lowest BCUT2D eigenvalue weighted by molar-refractivity contribution is -0.120. The number of para-hydroxylation sites is 1. The van der Waals surface area contributed by atoms with Crippen LogP contribution in [0.1, 0.15) is 24.1 Å². The predicted octanol–water partition coefficient (Wildman–Crippen LogP) is 3.20. The van der Waals surface area contributed by atoms with Gasteiger partial charge in [0.15, 0.2) is 0 Å². The molecule has 0 saturated carbocycles. The van der Waals surface area contributed by atoms with Gasteiger partial charge in [-0.3, -0.25) is 4.79 Å². The lowest BCUT2D eigenvalue weighted by Gasteiger charge is -2.21. The van der Waals surface area contributed by atoms with Crippen LogP contribution in [0.25, 0.3) is 0 Å². The molecule has 1 amide bonds. The lowest BCUT2D eigenvalue weighted by atomic mass is 10.1. The molecule has 5 heteroatoms. The molecule has 0 unspecified atom stereocenters. The average molecular weight is 316 g/mol. The van der Waals surface area contributed by atoms with Gasteiger partial charge in [0.1, 0.15) is 11.6 Å². The number of nitrogens with zero attached hydrogens (tertiary/aromatic N) is 1. The van der Waals surface area contributed by atoms with E-state index in [9.17, 15) is 13.6 Å². The van der Waals surface area contributed by atoms with Crippen molar-refractivity contribution in [2.24, 2.45) is 0 Å². The van der Waals surface area contributed by atoms with E-state index in [0.717, 1.165) is 24.7 Å². The second-order valence-electron chi connectivity index (χ2n) is 5.76. The largest absolute Gasteiger partial charge is 0.362 e. The zero-order valence-electron chi connectivity index (χ0n) is 12.9. The third-order valence-electron chi connectivity index (χ3n) is 4.12. The van der Waals surface area contributed by atoms with Crippen molar-refractivity contribution in [3.8, 4) is 0 Å². The Labute approximate surface area is 133 Å². The fourth-order valence-corrected chi connectivity index (χ4v) is 2.96. The summed E-state index contributed by atoms with van der Waals surface area (Å²) in [4.78, 5) is 14.2. The van der Waals surface area contributed by atoms with Gasteiger partial charge in [0.2, 0.25) is 5.91 Å². The van der Waals surface area contributed by atoms with Crippen LogP contribution in [0.2, 0.25) is 0 Å². The fourth-order valence-electron chi connectivity index (χ4n) is 2.96. The molecule has 3 rings (SSSR count). The highest BCUT2D eigenvalue weighted by atomic mass is 19.1. The Kier molecular flexibility index (Phi) is 4.28. The molecular weight excluding hydrogens is 298 g/mol. The van der Waals surface area contributed by atoms with Gasteiger partial charge in [-0.1, -0.05) is 24.3 Å². The minimum atomic E-state index is -0.649. The van der Waals surface area contributed by atoms with Crippen LogP contribution in [-0.4, -0.2) is 19.0 Å². The molecule has 1 aliphatic heterocycles. The molecule has 3 nitrogen and oxygen atoms in total. The second kappa shape index (κ2) is 6.36. The fraction of sp³-hybridized carbons (Fsp3) is 0.278. The van der Waals surface area contributed by atoms with Crippen molar-refractivity contribution in [3.63, 3.8) is 0 Å². The average Bonchev–Trinajstić information content (AvgIpc) is 2.90. The summed E-state index contributed by atoms with van der Waals surface area (Å²) >= 11 is 0. The third-order valence-corrected chi connectivity index (χ3v) is 4.12. The standard InChI is InChI=1S/C18H18F2N2O/c1-12(15-7-6-14(19)10-16(15)20)21-18(23)11-22-9-8-13-4-2-3-5-17(13)22/h2-7,10,12H,8-9,11H2,1H3,(H,21,23)/t12-/m1/s1. The number of carbonyl (C=O) groups is 1. The second-order valence-corrected chi connectivity index (χ2v) is 5.76. The molecular formula is C18H18F2N2O. The first-order chi connectivity index (χ1) is 11.0. The topological polar surface area (TPSA) is 32.3 Å².